The number of nitrogens with zero attached hydrogens (tertiary/aromatic N) is 2. The minimum Gasteiger partial charge on any atom is -0.497 e. The summed E-state index contributed by atoms with van der Waals surface area (Å²) in [5.41, 5.74) is 3.62. The van der Waals surface area contributed by atoms with Crippen LogP contribution >= 0.6 is 0 Å². The Bertz CT molecular complexity index is 988. The quantitative estimate of drug-likeness (QED) is 0.606. The van der Waals surface area contributed by atoms with E-state index in [-0.39, 0.29) is 5.91 Å². The molecule has 3 aromatic rings. The first kappa shape index (κ1) is 20.3. The van der Waals surface area contributed by atoms with Gasteiger partial charge < -0.3 is 15.4 Å². The van der Waals surface area contributed by atoms with Crippen LogP contribution in [-0.4, -0.2) is 29.5 Å². The fraction of sp³-hybridized carbons (Fsp3) is 0.261. The number of carbonyl (C=O) groups is 1. The summed E-state index contributed by atoms with van der Waals surface area (Å²) >= 11 is 0. The van der Waals surface area contributed by atoms with E-state index in [1.807, 2.05) is 42.5 Å². The van der Waals surface area contributed by atoms with Gasteiger partial charge in [0.2, 0.25) is 0 Å². The zero-order valence-electron chi connectivity index (χ0n) is 17.0. The Labute approximate surface area is 171 Å². The highest BCUT2D eigenvalue weighted by molar-refractivity contribution is 5.93. The number of ether oxygens (including phenoxy) is 1. The highest BCUT2D eigenvalue weighted by atomic mass is 16.5. The van der Waals surface area contributed by atoms with E-state index < -0.39 is 0 Å². The number of aryl methyl sites for hydroxylation is 2. The number of rotatable bonds is 8. The predicted molar refractivity (Wildman–Crippen MR) is 115 cm³/mol. The molecule has 0 spiro atoms. The van der Waals surface area contributed by atoms with Crippen LogP contribution in [0, 0.1) is 6.92 Å². The zero-order valence-corrected chi connectivity index (χ0v) is 17.0. The second-order valence-electron chi connectivity index (χ2n) is 6.68. The van der Waals surface area contributed by atoms with Crippen molar-refractivity contribution < 1.29 is 9.53 Å². The number of anilines is 2. The molecule has 0 atom stereocenters. The van der Waals surface area contributed by atoms with Crippen molar-refractivity contribution in [3.8, 4) is 5.75 Å². The molecule has 3 rings (SSSR count). The largest absolute Gasteiger partial charge is 0.497 e. The maximum Gasteiger partial charge on any atom is 0.270 e. The van der Waals surface area contributed by atoms with E-state index in [2.05, 4.69) is 33.6 Å². The molecule has 0 aliphatic heterocycles. The molecule has 29 heavy (non-hydrogen) atoms. The smallest absolute Gasteiger partial charge is 0.270 e. The van der Waals surface area contributed by atoms with Gasteiger partial charge in [-0.1, -0.05) is 37.3 Å². The summed E-state index contributed by atoms with van der Waals surface area (Å²) in [5.74, 6) is 1.74. The molecule has 0 fully saturated rings. The molecule has 0 aliphatic carbocycles. The van der Waals surface area contributed by atoms with Crippen molar-refractivity contribution in [2.75, 3.05) is 19.0 Å². The topological polar surface area (TPSA) is 76.1 Å². The van der Waals surface area contributed by atoms with Crippen molar-refractivity contribution in [3.05, 3.63) is 77.2 Å². The van der Waals surface area contributed by atoms with E-state index in [0.29, 0.717) is 30.3 Å². The van der Waals surface area contributed by atoms with E-state index in [9.17, 15) is 4.79 Å². The molecule has 2 N–H and O–H groups in total. The van der Waals surface area contributed by atoms with E-state index >= 15 is 0 Å². The minimum absolute atomic E-state index is 0.217. The monoisotopic (exact) mass is 390 g/mol. The maximum atomic E-state index is 12.6. The standard InChI is InChI=1S/C23H26N4O2/c1-4-18-9-5-6-11-20(18)27-22-15-21(25-16(2)26-22)23(28)24-13-12-17-8-7-10-19(14-17)29-3/h5-11,14-15H,4,12-13H2,1-3H3,(H,24,28)(H,25,26,27). The average molecular weight is 390 g/mol. The van der Waals surface area contributed by atoms with Crippen LogP contribution in [-0.2, 0) is 12.8 Å². The van der Waals surface area contributed by atoms with Crippen LogP contribution in [0.15, 0.2) is 54.6 Å². The van der Waals surface area contributed by atoms with Gasteiger partial charge in [0, 0.05) is 18.3 Å². The van der Waals surface area contributed by atoms with Gasteiger partial charge in [-0.15, -0.1) is 0 Å². The summed E-state index contributed by atoms with van der Waals surface area (Å²) in [7, 11) is 1.64. The molecule has 6 nitrogen and oxygen atoms in total. The second kappa shape index (κ2) is 9.68. The third-order valence-corrected chi connectivity index (χ3v) is 4.56. The summed E-state index contributed by atoms with van der Waals surface area (Å²) in [6.07, 6.45) is 1.62. The molecular weight excluding hydrogens is 364 g/mol. The first-order valence-electron chi connectivity index (χ1n) is 9.70. The van der Waals surface area contributed by atoms with Gasteiger partial charge in [-0.25, -0.2) is 9.97 Å². The zero-order chi connectivity index (χ0) is 20.6. The van der Waals surface area contributed by atoms with Gasteiger partial charge in [-0.3, -0.25) is 4.79 Å². The molecular formula is C23H26N4O2. The molecule has 150 valence electrons. The molecule has 0 bridgehead atoms. The van der Waals surface area contributed by atoms with Crippen LogP contribution in [0.2, 0.25) is 0 Å². The van der Waals surface area contributed by atoms with Gasteiger partial charge in [0.05, 0.1) is 7.11 Å². The van der Waals surface area contributed by atoms with Gasteiger partial charge in [-0.05, 0) is 49.1 Å². The van der Waals surface area contributed by atoms with Crippen molar-refractivity contribution in [1.82, 2.24) is 15.3 Å². The fourth-order valence-electron chi connectivity index (χ4n) is 3.08. The van der Waals surface area contributed by atoms with Gasteiger partial charge in [0.25, 0.3) is 5.91 Å². The summed E-state index contributed by atoms with van der Waals surface area (Å²) in [4.78, 5) is 21.3. The second-order valence-corrected chi connectivity index (χ2v) is 6.68. The Morgan fingerprint density at radius 1 is 1.07 bits per heavy atom. The molecule has 6 heteroatoms. The highest BCUT2D eigenvalue weighted by Gasteiger charge is 2.11. The molecule has 2 aromatic carbocycles. The normalized spacial score (nSPS) is 10.4. The molecule has 1 aromatic heterocycles. The van der Waals surface area contributed by atoms with Crippen LogP contribution in [0.3, 0.4) is 0 Å². The lowest BCUT2D eigenvalue weighted by Gasteiger charge is -2.12. The summed E-state index contributed by atoms with van der Waals surface area (Å²) in [5, 5.41) is 6.24. The number of nitrogens with one attached hydrogen (secondary N) is 2. The molecule has 0 radical (unpaired) electrons. The Morgan fingerprint density at radius 2 is 1.90 bits per heavy atom. The number of hydrogen-bond acceptors (Lipinski definition) is 5. The van der Waals surface area contributed by atoms with Gasteiger partial charge in [-0.2, -0.15) is 0 Å². The molecule has 0 unspecified atom stereocenters. The van der Waals surface area contributed by atoms with Gasteiger partial charge in [0.15, 0.2) is 0 Å². The van der Waals surface area contributed by atoms with Crippen LogP contribution in [0.4, 0.5) is 11.5 Å². The summed E-state index contributed by atoms with van der Waals surface area (Å²) in [6.45, 7) is 4.40. The Balaban J connectivity index is 1.66. The number of para-hydroxylation sites is 1. The van der Waals surface area contributed by atoms with Crippen LogP contribution in [0.1, 0.15) is 34.4 Å². The molecule has 0 aliphatic rings. The van der Waals surface area contributed by atoms with Crippen LogP contribution in [0.25, 0.3) is 0 Å². The van der Waals surface area contributed by atoms with E-state index in [0.717, 1.165) is 23.4 Å². The van der Waals surface area contributed by atoms with Gasteiger partial charge in [0.1, 0.15) is 23.1 Å². The predicted octanol–water partition coefficient (Wildman–Crippen LogP) is 4.07. The number of hydrogen-bond donors (Lipinski definition) is 2. The van der Waals surface area contributed by atoms with Crippen molar-refractivity contribution in [2.45, 2.75) is 26.7 Å². The number of amides is 1. The third-order valence-electron chi connectivity index (χ3n) is 4.56. The molecule has 1 heterocycles. The van der Waals surface area contributed by atoms with Crippen molar-refractivity contribution in [2.24, 2.45) is 0 Å². The van der Waals surface area contributed by atoms with Crippen molar-refractivity contribution in [1.29, 1.82) is 0 Å². The first-order chi connectivity index (χ1) is 14.1. The summed E-state index contributed by atoms with van der Waals surface area (Å²) < 4.78 is 5.23. The maximum absolute atomic E-state index is 12.6. The fourth-order valence-corrected chi connectivity index (χ4v) is 3.08. The summed E-state index contributed by atoms with van der Waals surface area (Å²) in [6, 6.07) is 17.6. The van der Waals surface area contributed by atoms with Crippen LogP contribution < -0.4 is 15.4 Å². The number of benzene rings is 2. The van der Waals surface area contributed by atoms with E-state index in [1.54, 1.807) is 20.1 Å². The molecule has 0 saturated carbocycles. The Morgan fingerprint density at radius 3 is 2.69 bits per heavy atom. The third kappa shape index (κ3) is 5.54. The molecule has 0 saturated heterocycles. The van der Waals surface area contributed by atoms with Crippen molar-refractivity contribution in [3.63, 3.8) is 0 Å². The highest BCUT2D eigenvalue weighted by Crippen LogP contribution is 2.20. The number of methoxy groups -OCH3 is 1. The lowest BCUT2D eigenvalue weighted by atomic mass is 10.1. The SMILES string of the molecule is CCc1ccccc1Nc1cc(C(=O)NCCc2cccc(OC)c2)nc(C)n1. The average Bonchev–Trinajstić information content (AvgIpc) is 2.74. The van der Waals surface area contributed by atoms with E-state index in [1.165, 1.54) is 5.56 Å². The lowest BCUT2D eigenvalue weighted by molar-refractivity contribution is 0.0949. The van der Waals surface area contributed by atoms with E-state index in [4.69, 9.17) is 4.74 Å². The Hall–Kier alpha value is -3.41. The van der Waals surface area contributed by atoms with Crippen molar-refractivity contribution >= 4 is 17.4 Å². The Kier molecular flexibility index (Phi) is 6.79. The van der Waals surface area contributed by atoms with Gasteiger partial charge >= 0.3 is 0 Å². The number of aromatic nitrogens is 2. The lowest BCUT2D eigenvalue weighted by Crippen LogP contribution is -2.27. The van der Waals surface area contributed by atoms with Crippen LogP contribution in [0.5, 0.6) is 5.75 Å². The number of carbonyl (C=O) groups excluding carboxylic acids is 1. The minimum atomic E-state index is -0.217. The molecule has 1 amide bonds. The first-order valence-corrected chi connectivity index (χ1v) is 9.70.